The van der Waals surface area contributed by atoms with Gasteiger partial charge in [-0.1, -0.05) is 43.7 Å². The minimum absolute atomic E-state index is 0.277. The summed E-state index contributed by atoms with van der Waals surface area (Å²) in [6.07, 6.45) is 3.60. The first kappa shape index (κ1) is 15.5. The molecule has 1 saturated heterocycles. The van der Waals surface area contributed by atoms with E-state index in [0.717, 1.165) is 25.9 Å². The number of piperidine rings is 1. The Morgan fingerprint density at radius 2 is 1.95 bits per heavy atom. The van der Waals surface area contributed by atoms with Crippen molar-refractivity contribution in [1.29, 1.82) is 0 Å². The van der Waals surface area contributed by atoms with Crippen LogP contribution in [0.25, 0.3) is 0 Å². The van der Waals surface area contributed by atoms with E-state index in [0.29, 0.717) is 18.4 Å². The van der Waals surface area contributed by atoms with Gasteiger partial charge in [0.25, 0.3) is 0 Å². The fourth-order valence-corrected chi connectivity index (χ4v) is 3.75. The molecule has 0 radical (unpaired) electrons. The van der Waals surface area contributed by atoms with Crippen LogP contribution in [0.1, 0.15) is 31.2 Å². The first-order chi connectivity index (χ1) is 9.49. The molecule has 0 unspecified atom stereocenters. The van der Waals surface area contributed by atoms with E-state index in [1.165, 1.54) is 11.8 Å². The molecule has 1 aliphatic heterocycles. The Kier molecular flexibility index (Phi) is 5.22. The summed E-state index contributed by atoms with van der Waals surface area (Å²) in [6.45, 7) is 4.94. The van der Waals surface area contributed by atoms with Gasteiger partial charge in [0.2, 0.25) is 0 Å². The molecule has 1 fully saturated rings. The highest BCUT2D eigenvalue weighted by atomic mass is 32.2. The molecule has 0 saturated carbocycles. The topological polar surface area (TPSA) is 37.4 Å². The van der Waals surface area contributed by atoms with Gasteiger partial charge in [0.15, 0.2) is 0 Å². The molecular weight excluding hydrogens is 270 g/mol. The zero-order valence-corrected chi connectivity index (χ0v) is 13.3. The van der Waals surface area contributed by atoms with E-state index in [1.54, 1.807) is 0 Å². The van der Waals surface area contributed by atoms with Crippen LogP contribution in [-0.4, -0.2) is 45.0 Å². The Bertz CT molecular complexity index is 513. The van der Waals surface area contributed by atoms with Crippen molar-refractivity contribution in [3.63, 3.8) is 0 Å². The second-order valence-electron chi connectivity index (χ2n) is 5.90. The van der Waals surface area contributed by atoms with Crippen LogP contribution in [0.3, 0.4) is 0 Å². The van der Waals surface area contributed by atoms with Crippen molar-refractivity contribution in [2.24, 2.45) is 5.92 Å². The van der Waals surface area contributed by atoms with E-state index in [4.69, 9.17) is 0 Å². The van der Waals surface area contributed by atoms with Crippen molar-refractivity contribution in [3.05, 3.63) is 35.9 Å². The second kappa shape index (κ2) is 6.72. The molecule has 1 heterocycles. The fourth-order valence-electron chi connectivity index (χ4n) is 3.16. The normalized spacial score (nSPS) is 24.7. The van der Waals surface area contributed by atoms with Crippen LogP contribution in [0.15, 0.2) is 30.3 Å². The monoisotopic (exact) mass is 295 g/mol. The summed E-state index contributed by atoms with van der Waals surface area (Å²) in [5.74, 6) is 1.53. The predicted molar refractivity (Wildman–Crippen MR) is 83.7 cm³/mol. The highest BCUT2D eigenvalue weighted by molar-refractivity contribution is 7.90. The second-order valence-corrected chi connectivity index (χ2v) is 8.16. The van der Waals surface area contributed by atoms with Crippen LogP contribution in [0, 0.1) is 5.92 Å². The number of hydrogen-bond acceptors (Lipinski definition) is 3. The first-order valence-corrected chi connectivity index (χ1v) is 9.50. The number of nitrogens with zero attached hydrogens (tertiary/aromatic N) is 1. The molecule has 3 nitrogen and oxygen atoms in total. The molecule has 2 rings (SSSR count). The van der Waals surface area contributed by atoms with Crippen molar-refractivity contribution in [1.82, 2.24) is 4.90 Å². The Hall–Kier alpha value is -0.870. The van der Waals surface area contributed by atoms with Crippen LogP contribution in [-0.2, 0) is 9.84 Å². The number of likely N-dealkylation sites (tertiary alicyclic amines) is 1. The van der Waals surface area contributed by atoms with Gasteiger partial charge in [-0.05, 0) is 30.4 Å². The highest BCUT2D eigenvalue weighted by Gasteiger charge is 2.29. The van der Waals surface area contributed by atoms with E-state index in [1.807, 2.05) is 0 Å². The van der Waals surface area contributed by atoms with Gasteiger partial charge in [-0.3, -0.25) is 0 Å². The Morgan fingerprint density at radius 3 is 2.55 bits per heavy atom. The van der Waals surface area contributed by atoms with E-state index in [9.17, 15) is 8.42 Å². The van der Waals surface area contributed by atoms with E-state index in [2.05, 4.69) is 42.2 Å². The van der Waals surface area contributed by atoms with Crippen molar-refractivity contribution in [2.75, 3.05) is 31.6 Å². The lowest BCUT2D eigenvalue weighted by Gasteiger charge is -2.38. The lowest BCUT2D eigenvalue weighted by molar-refractivity contribution is 0.157. The quantitative estimate of drug-likeness (QED) is 0.838. The molecule has 2 atom stereocenters. The lowest BCUT2D eigenvalue weighted by atomic mass is 9.79. The number of benzene rings is 1. The van der Waals surface area contributed by atoms with Crippen LogP contribution in [0.2, 0.25) is 0 Å². The summed E-state index contributed by atoms with van der Waals surface area (Å²) in [7, 11) is -2.86. The van der Waals surface area contributed by atoms with E-state index >= 15 is 0 Å². The third-order valence-electron chi connectivity index (χ3n) is 4.35. The molecule has 1 aromatic carbocycles. The first-order valence-electron chi connectivity index (χ1n) is 7.44. The summed E-state index contributed by atoms with van der Waals surface area (Å²) in [5, 5.41) is 0. The maximum atomic E-state index is 11.3. The molecule has 1 aromatic rings. The molecule has 0 spiro atoms. The Morgan fingerprint density at radius 1 is 1.25 bits per heavy atom. The third-order valence-corrected chi connectivity index (χ3v) is 5.27. The number of sulfone groups is 1. The molecule has 20 heavy (non-hydrogen) atoms. The zero-order valence-electron chi connectivity index (χ0n) is 12.5. The molecule has 0 N–H and O–H groups in total. The highest BCUT2D eigenvalue weighted by Crippen LogP contribution is 2.34. The van der Waals surface area contributed by atoms with Gasteiger partial charge < -0.3 is 4.90 Å². The number of hydrogen-bond donors (Lipinski definition) is 0. The minimum Gasteiger partial charge on any atom is -0.302 e. The Balaban J connectivity index is 1.98. The largest absolute Gasteiger partial charge is 0.302 e. The van der Waals surface area contributed by atoms with E-state index in [-0.39, 0.29) is 5.75 Å². The molecule has 4 heteroatoms. The molecule has 0 amide bonds. The zero-order chi connectivity index (χ0) is 14.6. The average molecular weight is 295 g/mol. The van der Waals surface area contributed by atoms with Gasteiger partial charge in [-0.2, -0.15) is 0 Å². The summed E-state index contributed by atoms with van der Waals surface area (Å²) < 4.78 is 22.6. The smallest absolute Gasteiger partial charge is 0.148 e. The van der Waals surface area contributed by atoms with Gasteiger partial charge in [0.05, 0.1) is 5.75 Å². The van der Waals surface area contributed by atoms with Crippen molar-refractivity contribution < 1.29 is 8.42 Å². The van der Waals surface area contributed by atoms with Crippen molar-refractivity contribution in [3.8, 4) is 0 Å². The van der Waals surface area contributed by atoms with Gasteiger partial charge in [0.1, 0.15) is 9.84 Å². The van der Waals surface area contributed by atoms with Crippen LogP contribution in [0.5, 0.6) is 0 Å². The summed E-state index contributed by atoms with van der Waals surface area (Å²) in [5.41, 5.74) is 1.43. The summed E-state index contributed by atoms with van der Waals surface area (Å²) >= 11 is 0. The molecular formula is C16H25NO2S. The minimum atomic E-state index is -2.86. The lowest BCUT2D eigenvalue weighted by Crippen LogP contribution is -2.41. The fraction of sp³-hybridized carbons (Fsp3) is 0.625. The Labute approximate surface area is 122 Å². The summed E-state index contributed by atoms with van der Waals surface area (Å²) in [6, 6.07) is 10.7. The number of rotatable bonds is 5. The predicted octanol–water partition coefficient (Wildman–Crippen LogP) is 2.55. The molecule has 0 aromatic heterocycles. The van der Waals surface area contributed by atoms with E-state index < -0.39 is 9.84 Å². The van der Waals surface area contributed by atoms with Crippen LogP contribution < -0.4 is 0 Å². The third kappa shape index (κ3) is 4.32. The van der Waals surface area contributed by atoms with Crippen molar-refractivity contribution >= 4 is 9.84 Å². The molecule has 1 aliphatic rings. The SMILES string of the molecule is CC[C@@H]1CN(CCS(C)(=O)=O)CC[C@H]1c1ccccc1. The van der Waals surface area contributed by atoms with Gasteiger partial charge in [-0.25, -0.2) is 8.42 Å². The van der Waals surface area contributed by atoms with Crippen LogP contribution >= 0.6 is 0 Å². The molecule has 112 valence electrons. The van der Waals surface area contributed by atoms with Crippen LogP contribution in [0.4, 0.5) is 0 Å². The van der Waals surface area contributed by atoms with Gasteiger partial charge in [0, 0.05) is 19.3 Å². The van der Waals surface area contributed by atoms with Gasteiger partial charge in [-0.15, -0.1) is 0 Å². The molecule has 0 aliphatic carbocycles. The maximum absolute atomic E-state index is 11.3. The molecule has 0 bridgehead atoms. The van der Waals surface area contributed by atoms with Gasteiger partial charge >= 0.3 is 0 Å². The van der Waals surface area contributed by atoms with Crippen molar-refractivity contribution in [2.45, 2.75) is 25.7 Å². The summed E-state index contributed by atoms with van der Waals surface area (Å²) in [4.78, 5) is 2.31. The maximum Gasteiger partial charge on any atom is 0.148 e. The standard InChI is InChI=1S/C16H25NO2S/c1-3-14-13-17(11-12-20(2,18)19)10-9-16(14)15-7-5-4-6-8-15/h4-8,14,16H,3,9-13H2,1-2H3/t14-,16-/m1/s1. The average Bonchev–Trinajstić information content (AvgIpc) is 2.45.